The quantitative estimate of drug-likeness (QED) is 0.558. The minimum Gasteiger partial charge on any atom is -0.364 e. The molecule has 0 fully saturated rings. The Balaban J connectivity index is 0.00000169. The highest BCUT2D eigenvalue weighted by Gasteiger charge is 2.11. The molecule has 8 heteroatoms. The van der Waals surface area contributed by atoms with Gasteiger partial charge in [-0.2, -0.15) is 4.98 Å². The Labute approximate surface area is 153 Å². The van der Waals surface area contributed by atoms with E-state index >= 15 is 0 Å². The Morgan fingerprint density at radius 3 is 2.71 bits per heavy atom. The van der Waals surface area contributed by atoms with E-state index in [0.29, 0.717) is 5.95 Å². The van der Waals surface area contributed by atoms with Crippen molar-refractivity contribution in [2.24, 2.45) is 0 Å². The maximum atomic E-state index is 4.68. The normalized spacial score (nSPS) is 10.3. The largest absolute Gasteiger partial charge is 0.364 e. The van der Waals surface area contributed by atoms with Crippen LogP contribution in [0.15, 0.2) is 59.9 Å². The fourth-order valence-corrected chi connectivity index (χ4v) is 3.59. The van der Waals surface area contributed by atoms with Crippen molar-refractivity contribution in [3.05, 3.63) is 64.8 Å². The number of halogens is 1. The molecular weight excluding hydrogens is 362 g/mol. The van der Waals surface area contributed by atoms with Gasteiger partial charge in [0.25, 0.3) is 0 Å². The Morgan fingerprint density at radius 2 is 2.00 bits per heavy atom. The topological polar surface area (TPSA) is 55.6 Å². The Bertz CT molecular complexity index is 874. The van der Waals surface area contributed by atoms with Crippen LogP contribution in [0.5, 0.6) is 0 Å². The van der Waals surface area contributed by atoms with Gasteiger partial charge in [0.2, 0.25) is 5.95 Å². The monoisotopic (exact) mass is 375 g/mol. The molecule has 0 bridgehead atoms. The number of hydrogen-bond acceptors (Lipinski definition) is 6. The fourth-order valence-electron chi connectivity index (χ4n) is 2.21. The second-order valence-corrected chi connectivity index (χ2v) is 6.79. The predicted octanol–water partition coefficient (Wildman–Crippen LogP) is 4.49. The average Bonchev–Trinajstić information content (AvgIpc) is 3.36. The maximum Gasteiger partial charge on any atom is 0.236 e. The summed E-state index contributed by atoms with van der Waals surface area (Å²) in [6, 6.07) is 8.28. The van der Waals surface area contributed by atoms with E-state index in [4.69, 9.17) is 0 Å². The van der Waals surface area contributed by atoms with Crippen molar-refractivity contribution in [1.29, 1.82) is 0 Å². The van der Waals surface area contributed by atoms with E-state index < -0.39 is 0 Å². The van der Waals surface area contributed by atoms with Crippen LogP contribution in [0.2, 0.25) is 0 Å². The predicted molar refractivity (Wildman–Crippen MR) is 101 cm³/mol. The number of rotatable bonds is 5. The molecular formula is C16H14ClN5S2. The number of aromatic nitrogens is 4. The lowest BCUT2D eigenvalue weighted by atomic mass is 10.2. The molecule has 0 atom stereocenters. The van der Waals surface area contributed by atoms with Crippen LogP contribution in [-0.4, -0.2) is 19.5 Å². The lowest BCUT2D eigenvalue weighted by Crippen LogP contribution is -2.06. The molecule has 4 rings (SSSR count). The van der Waals surface area contributed by atoms with Gasteiger partial charge in [0, 0.05) is 28.3 Å². The highest BCUT2D eigenvalue weighted by Crippen LogP contribution is 2.30. The summed E-state index contributed by atoms with van der Waals surface area (Å²) < 4.78 is 1.80. The summed E-state index contributed by atoms with van der Waals surface area (Å²) in [6.07, 6.45) is 7.12. The molecule has 24 heavy (non-hydrogen) atoms. The van der Waals surface area contributed by atoms with Crippen LogP contribution in [0.4, 0.5) is 5.82 Å². The van der Waals surface area contributed by atoms with Crippen LogP contribution >= 0.6 is 35.1 Å². The maximum absolute atomic E-state index is 4.68. The molecule has 0 saturated heterocycles. The number of hydrogen-bond donors (Lipinski definition) is 1. The van der Waals surface area contributed by atoms with Gasteiger partial charge in [-0.15, -0.1) is 35.1 Å². The smallest absolute Gasteiger partial charge is 0.236 e. The Morgan fingerprint density at radius 1 is 1.12 bits per heavy atom. The molecule has 1 N–H and O–H groups in total. The van der Waals surface area contributed by atoms with Crippen LogP contribution in [0.3, 0.4) is 0 Å². The third-order valence-electron chi connectivity index (χ3n) is 3.31. The standard InChI is InChI=1S/C16H13N5S2.ClH/c1-3-12(22-7-1)9-18-15-13(14-4-2-8-23-14)10-19-16(20-15)21-6-5-17-11-21;/h1-8,10-11H,9H2,(H,18,19,20);1H. The number of anilines is 1. The van der Waals surface area contributed by atoms with E-state index in [1.165, 1.54) is 4.88 Å². The van der Waals surface area contributed by atoms with Crippen LogP contribution in [0, 0.1) is 0 Å². The van der Waals surface area contributed by atoms with E-state index in [1.807, 2.05) is 18.5 Å². The van der Waals surface area contributed by atoms with Gasteiger partial charge in [-0.05, 0) is 22.9 Å². The van der Waals surface area contributed by atoms with Crippen molar-refractivity contribution >= 4 is 40.9 Å². The highest BCUT2D eigenvalue weighted by molar-refractivity contribution is 7.13. The van der Waals surface area contributed by atoms with Gasteiger partial charge >= 0.3 is 0 Å². The summed E-state index contributed by atoms with van der Waals surface area (Å²) in [5, 5.41) is 7.57. The van der Waals surface area contributed by atoms with Crippen LogP contribution in [-0.2, 0) is 6.54 Å². The minimum absolute atomic E-state index is 0. The summed E-state index contributed by atoms with van der Waals surface area (Å²) in [7, 11) is 0. The number of imidazole rings is 1. The molecule has 0 spiro atoms. The average molecular weight is 376 g/mol. The molecule has 0 saturated carbocycles. The van der Waals surface area contributed by atoms with Crippen LogP contribution < -0.4 is 5.32 Å². The Hall–Kier alpha value is -2.22. The van der Waals surface area contributed by atoms with Gasteiger partial charge < -0.3 is 5.32 Å². The molecule has 0 aliphatic carbocycles. The van der Waals surface area contributed by atoms with E-state index in [-0.39, 0.29) is 12.4 Å². The molecule has 4 heterocycles. The lowest BCUT2D eigenvalue weighted by molar-refractivity contribution is 0.923. The number of nitrogens with one attached hydrogen (secondary N) is 1. The molecule has 4 aromatic rings. The van der Waals surface area contributed by atoms with Gasteiger partial charge in [-0.1, -0.05) is 12.1 Å². The minimum atomic E-state index is 0. The summed E-state index contributed by atoms with van der Waals surface area (Å²) >= 11 is 3.41. The van der Waals surface area contributed by atoms with Crippen molar-refractivity contribution in [3.8, 4) is 16.4 Å². The summed E-state index contributed by atoms with van der Waals surface area (Å²) in [4.78, 5) is 15.6. The Kier molecular flexibility index (Phi) is 5.24. The second kappa shape index (κ2) is 7.57. The van der Waals surface area contributed by atoms with E-state index in [0.717, 1.165) is 22.8 Å². The first kappa shape index (κ1) is 16.6. The van der Waals surface area contributed by atoms with Gasteiger partial charge in [-0.25, -0.2) is 9.97 Å². The zero-order valence-corrected chi connectivity index (χ0v) is 14.9. The third-order valence-corrected chi connectivity index (χ3v) is 5.09. The zero-order valence-electron chi connectivity index (χ0n) is 12.5. The first-order chi connectivity index (χ1) is 11.4. The van der Waals surface area contributed by atoms with Crippen molar-refractivity contribution in [2.45, 2.75) is 6.54 Å². The molecule has 0 aliphatic rings. The van der Waals surface area contributed by atoms with Crippen molar-refractivity contribution in [2.75, 3.05) is 5.32 Å². The number of thiophene rings is 2. The summed E-state index contributed by atoms with van der Waals surface area (Å²) in [6.45, 7) is 0.746. The van der Waals surface area contributed by atoms with Crippen molar-refractivity contribution in [3.63, 3.8) is 0 Å². The van der Waals surface area contributed by atoms with Crippen LogP contribution in [0.25, 0.3) is 16.4 Å². The first-order valence-corrected chi connectivity index (χ1v) is 8.81. The van der Waals surface area contributed by atoms with Crippen molar-refractivity contribution in [1.82, 2.24) is 19.5 Å². The summed E-state index contributed by atoms with van der Waals surface area (Å²) in [5.41, 5.74) is 1.01. The molecule has 0 aromatic carbocycles. The third kappa shape index (κ3) is 3.48. The fraction of sp³-hybridized carbons (Fsp3) is 0.0625. The van der Waals surface area contributed by atoms with E-state index in [9.17, 15) is 0 Å². The second-order valence-electron chi connectivity index (χ2n) is 4.81. The van der Waals surface area contributed by atoms with Gasteiger partial charge in [0.15, 0.2) is 0 Å². The van der Waals surface area contributed by atoms with E-state index in [1.54, 1.807) is 39.8 Å². The van der Waals surface area contributed by atoms with Crippen molar-refractivity contribution < 1.29 is 0 Å². The van der Waals surface area contributed by atoms with Gasteiger partial charge in [-0.3, -0.25) is 4.57 Å². The molecule has 0 unspecified atom stereocenters. The molecule has 0 radical (unpaired) electrons. The highest BCUT2D eigenvalue weighted by atomic mass is 35.5. The molecule has 5 nitrogen and oxygen atoms in total. The van der Waals surface area contributed by atoms with Gasteiger partial charge in [0.1, 0.15) is 12.1 Å². The molecule has 0 aliphatic heterocycles. The lowest BCUT2D eigenvalue weighted by Gasteiger charge is -2.11. The first-order valence-electron chi connectivity index (χ1n) is 7.05. The van der Waals surface area contributed by atoms with Crippen LogP contribution in [0.1, 0.15) is 4.88 Å². The molecule has 0 amide bonds. The zero-order chi connectivity index (χ0) is 15.5. The van der Waals surface area contributed by atoms with Gasteiger partial charge in [0.05, 0.1) is 12.1 Å². The molecule has 4 aromatic heterocycles. The molecule has 122 valence electrons. The SMILES string of the molecule is Cl.c1csc(CNc2nc(-n3ccnc3)ncc2-c2cccs2)c1. The number of nitrogens with zero attached hydrogens (tertiary/aromatic N) is 4. The summed E-state index contributed by atoms with van der Waals surface area (Å²) in [5.74, 6) is 1.44. The van der Waals surface area contributed by atoms with E-state index in [2.05, 4.69) is 49.2 Å².